The molecule has 0 bridgehead atoms. The molecule has 444 valence electrons. The van der Waals surface area contributed by atoms with Gasteiger partial charge in [-0.25, -0.2) is 14.4 Å². The Morgan fingerprint density at radius 3 is 1.39 bits per heavy atom. The smallest absolute Gasteiger partial charge is 0.345 e. The quantitative estimate of drug-likeness (QED) is 0.0577. The van der Waals surface area contributed by atoms with E-state index in [1.54, 1.807) is 62.3 Å². The number of hydrogen-bond acceptors (Lipinski definition) is 13. The average molecular weight is 1150 g/mol. The molecule has 0 aliphatic carbocycles. The fraction of sp³-hybridized carbons (Fsp3) is 0.667. The summed E-state index contributed by atoms with van der Waals surface area (Å²) in [6.45, 7) is 43.2. The van der Waals surface area contributed by atoms with Gasteiger partial charge in [0.25, 0.3) is 0 Å². The van der Waals surface area contributed by atoms with Crippen molar-refractivity contribution in [3.8, 4) is 0 Å². The molecule has 0 radical (unpaired) electrons. The number of carbonyl (C=O) groups is 3. The lowest BCUT2D eigenvalue weighted by atomic mass is 9.72. The molecule has 0 saturated carbocycles. The van der Waals surface area contributed by atoms with Crippen molar-refractivity contribution in [2.75, 3.05) is 0 Å². The van der Waals surface area contributed by atoms with Crippen molar-refractivity contribution in [1.82, 2.24) is 0 Å². The van der Waals surface area contributed by atoms with Crippen molar-refractivity contribution < 1.29 is 61.2 Å². The molecule has 79 heavy (non-hydrogen) atoms. The second-order valence-electron chi connectivity index (χ2n) is 28.8. The maximum Gasteiger partial charge on any atom is 0.345 e. The number of aliphatic hydroxyl groups is 1. The molecular weight excluding hydrogens is 1050 g/mol. The summed E-state index contributed by atoms with van der Waals surface area (Å²) in [6, 6.07) is 29.6. The van der Waals surface area contributed by atoms with Gasteiger partial charge in [0, 0.05) is 6.42 Å². The number of benzene rings is 3. The fourth-order valence-electron chi connectivity index (χ4n) is 9.16. The molecule has 1 aliphatic heterocycles. The van der Waals surface area contributed by atoms with Crippen molar-refractivity contribution >= 4 is 42.9 Å². The maximum absolute atomic E-state index is 17.0. The van der Waals surface area contributed by atoms with E-state index >= 15 is 14.4 Å². The highest BCUT2D eigenvalue weighted by Crippen LogP contribution is 2.57. The van der Waals surface area contributed by atoms with E-state index in [0.717, 1.165) is 16.7 Å². The molecule has 1 fully saturated rings. The third-order valence-electron chi connectivity index (χ3n) is 15.0. The van der Waals surface area contributed by atoms with Gasteiger partial charge in [0.1, 0.15) is 29.0 Å². The van der Waals surface area contributed by atoms with E-state index in [-0.39, 0.29) is 31.5 Å². The first kappa shape index (κ1) is 67.9. The van der Waals surface area contributed by atoms with E-state index in [1.165, 1.54) is 0 Å². The molecule has 3 aromatic carbocycles. The predicted octanol–water partition coefficient (Wildman–Crippen LogP) is 14.1. The third-order valence-corrected chi connectivity index (χ3v) is 24.8. The average Bonchev–Trinajstić information content (AvgIpc) is 3.34. The van der Waals surface area contributed by atoms with Crippen LogP contribution in [0.25, 0.3) is 0 Å². The second kappa shape index (κ2) is 25.5. The topological polar surface area (TPSA) is 155 Å². The minimum absolute atomic E-state index is 0.00553. The summed E-state index contributed by atoms with van der Waals surface area (Å²) < 4.78 is 64.4. The van der Waals surface area contributed by atoms with Crippen LogP contribution < -0.4 is 0 Å². The van der Waals surface area contributed by atoms with Crippen LogP contribution in [-0.4, -0.2) is 106 Å². The molecule has 1 heterocycles. The molecule has 4 rings (SSSR count). The molecule has 0 amide bonds. The summed E-state index contributed by atoms with van der Waals surface area (Å²) in [4.78, 5) is 50.0. The molecule has 1 aliphatic rings. The van der Waals surface area contributed by atoms with E-state index in [1.807, 2.05) is 166 Å². The van der Waals surface area contributed by atoms with Crippen LogP contribution in [0.2, 0.25) is 55.9 Å². The predicted molar refractivity (Wildman–Crippen MR) is 321 cm³/mol. The molecule has 16 heteroatoms. The molecule has 1 N–H and O–H groups in total. The maximum atomic E-state index is 17.0. The largest absolute Gasteiger partial charge is 0.458 e. The number of esters is 3. The Bertz CT molecular complexity index is 2430. The summed E-state index contributed by atoms with van der Waals surface area (Å²) in [5, 5.41) is 13.0. The third kappa shape index (κ3) is 18.0. The summed E-state index contributed by atoms with van der Waals surface area (Å²) in [7, 11) is -10.2. The van der Waals surface area contributed by atoms with Crippen LogP contribution in [0.5, 0.6) is 0 Å². The van der Waals surface area contributed by atoms with Crippen molar-refractivity contribution in [3.05, 3.63) is 108 Å². The van der Waals surface area contributed by atoms with E-state index < -0.39 is 105 Å². The van der Waals surface area contributed by atoms with Crippen molar-refractivity contribution in [2.45, 2.75) is 264 Å². The second-order valence-corrected chi connectivity index (χ2v) is 42.7. The molecule has 13 nitrogen and oxygen atoms in total. The first-order valence-electron chi connectivity index (χ1n) is 28.4. The molecule has 0 spiro atoms. The molecule has 8 atom stereocenters. The fourth-order valence-corrected chi connectivity index (χ4v) is 13.1. The van der Waals surface area contributed by atoms with E-state index in [0.29, 0.717) is 19.4 Å². The zero-order valence-electron chi connectivity index (χ0n) is 52.6. The highest BCUT2D eigenvalue weighted by molar-refractivity contribution is 6.75. The molecular formula is C63H102O13Si3. The lowest BCUT2D eigenvalue weighted by molar-refractivity contribution is -0.305. The first-order valence-corrected chi connectivity index (χ1v) is 37.6. The van der Waals surface area contributed by atoms with Gasteiger partial charge in [-0.1, -0.05) is 139 Å². The normalized spacial score (nSPS) is 23.8. The Morgan fingerprint density at radius 1 is 0.570 bits per heavy atom. The summed E-state index contributed by atoms with van der Waals surface area (Å²) in [5.74, 6) is -5.97. The Balaban J connectivity index is 2.32. The van der Waals surface area contributed by atoms with E-state index in [9.17, 15) is 5.11 Å². The number of rotatable bonds is 22. The van der Waals surface area contributed by atoms with Crippen LogP contribution in [-0.2, 0) is 75.7 Å². The lowest BCUT2D eigenvalue weighted by Gasteiger charge is -2.58. The summed E-state index contributed by atoms with van der Waals surface area (Å²) in [6.07, 6.45) is -5.07. The molecule has 0 aromatic heterocycles. The zero-order valence-corrected chi connectivity index (χ0v) is 55.6. The monoisotopic (exact) mass is 1150 g/mol. The zero-order chi connectivity index (χ0) is 60.1. The van der Waals surface area contributed by atoms with Gasteiger partial charge >= 0.3 is 17.9 Å². The van der Waals surface area contributed by atoms with Crippen molar-refractivity contribution in [1.29, 1.82) is 0 Å². The van der Waals surface area contributed by atoms with Crippen LogP contribution in [0.1, 0.15) is 147 Å². The Hall–Kier alpha value is -3.56. The van der Waals surface area contributed by atoms with Gasteiger partial charge in [-0.05, 0) is 160 Å². The summed E-state index contributed by atoms with van der Waals surface area (Å²) in [5.41, 5.74) is -6.75. The van der Waals surface area contributed by atoms with Crippen LogP contribution in [0.4, 0.5) is 0 Å². The van der Waals surface area contributed by atoms with Gasteiger partial charge in [-0.15, -0.1) is 0 Å². The Labute approximate surface area is 479 Å². The van der Waals surface area contributed by atoms with Crippen molar-refractivity contribution in [3.63, 3.8) is 0 Å². The van der Waals surface area contributed by atoms with Crippen LogP contribution >= 0.6 is 0 Å². The Kier molecular flexibility index (Phi) is 21.9. The van der Waals surface area contributed by atoms with Gasteiger partial charge in [0.15, 0.2) is 30.7 Å². The first-order chi connectivity index (χ1) is 35.9. The van der Waals surface area contributed by atoms with Gasteiger partial charge in [-0.3, -0.25) is 0 Å². The van der Waals surface area contributed by atoms with Gasteiger partial charge in [0.05, 0.1) is 19.3 Å². The SMILES string of the molecule is C[C@H](Cc1ccccc1)[C@@H](CCCC1(O)O[C@@H](C(=O)OC(C)(C)C)[C@@](O[Si](C)(C)C(C)(C)C)(C(=O)OC(C)(C)C)[C@@](O[Si](C)(C)C(C)(C)C)(C(=O)OC(C)(C)C)[C@@H](O[Si](C)(C)C)[C@H]1OCc1ccccc1)OCc1ccccc1. The molecule has 1 saturated heterocycles. The highest BCUT2D eigenvalue weighted by atomic mass is 28.4. The van der Waals surface area contributed by atoms with E-state index in [2.05, 4.69) is 19.1 Å². The van der Waals surface area contributed by atoms with Gasteiger partial charge < -0.3 is 46.8 Å². The standard InChI is InChI=1S/C63H102O13Si3/c1-45(42-46-34-27-24-28-35-46)49(68-43-47-36-29-25-30-37-47)40-33-41-61(67)50(69-44-48-38-31-26-32-39-48)51(74-77(17,18)19)62(54(65)72-57(5,6)7,75-78(20,21)59(11,12)13)63(55(66)73-58(8,9)10,76-79(22,23)60(14,15)16)52(70-61)53(64)71-56(2,3)4/h24-32,34-39,45,49-52,67H,33,40-44H2,1-23H3/t45-,49-,50-,51+,52+,61?,62+,63-/m1/s1. The lowest BCUT2D eigenvalue weighted by Crippen LogP contribution is -2.82. The minimum atomic E-state index is -3.58. The molecule has 3 aromatic rings. The number of hydrogen-bond donors (Lipinski definition) is 1. The minimum Gasteiger partial charge on any atom is -0.458 e. The Morgan fingerprint density at radius 2 is 0.975 bits per heavy atom. The van der Waals surface area contributed by atoms with Crippen LogP contribution in [0, 0.1) is 5.92 Å². The van der Waals surface area contributed by atoms with Gasteiger partial charge in [0.2, 0.25) is 17.3 Å². The van der Waals surface area contributed by atoms with E-state index in [4.69, 9.17) is 41.7 Å². The van der Waals surface area contributed by atoms with Crippen LogP contribution in [0.3, 0.4) is 0 Å². The number of ether oxygens (including phenoxy) is 6. The van der Waals surface area contributed by atoms with Gasteiger partial charge in [-0.2, -0.15) is 0 Å². The van der Waals surface area contributed by atoms with Crippen LogP contribution in [0.15, 0.2) is 91.0 Å². The summed E-state index contributed by atoms with van der Waals surface area (Å²) >= 11 is 0. The number of carbonyl (C=O) groups excluding carboxylic acids is 3. The van der Waals surface area contributed by atoms with Crippen molar-refractivity contribution in [2.24, 2.45) is 5.92 Å². The molecule has 1 unspecified atom stereocenters. The highest BCUT2D eigenvalue weighted by Gasteiger charge is 2.83.